The fourth-order valence-corrected chi connectivity index (χ4v) is 1.90. The van der Waals surface area contributed by atoms with Gasteiger partial charge >= 0.3 is 6.03 Å². The van der Waals surface area contributed by atoms with Crippen LogP contribution in [0.4, 0.5) is 4.79 Å². The van der Waals surface area contributed by atoms with Crippen molar-refractivity contribution in [3.05, 3.63) is 24.2 Å². The van der Waals surface area contributed by atoms with Crippen molar-refractivity contribution >= 4 is 6.03 Å². The summed E-state index contributed by atoms with van der Waals surface area (Å²) in [5, 5.41) is 12.6. The third-order valence-electron chi connectivity index (χ3n) is 3.28. The molecule has 1 fully saturated rings. The molecule has 1 aromatic heterocycles. The molecule has 2 unspecified atom stereocenters. The minimum atomic E-state index is -0.403. The molecule has 100 valence electrons. The van der Waals surface area contributed by atoms with Gasteiger partial charge in [-0.2, -0.15) is 0 Å². The van der Waals surface area contributed by atoms with E-state index in [0.717, 1.165) is 18.6 Å². The maximum absolute atomic E-state index is 11.9. The predicted molar refractivity (Wildman–Crippen MR) is 67.0 cm³/mol. The third-order valence-corrected chi connectivity index (χ3v) is 3.28. The lowest BCUT2D eigenvalue weighted by Crippen LogP contribution is -2.42. The summed E-state index contributed by atoms with van der Waals surface area (Å²) in [6.07, 6.45) is 3.32. The maximum atomic E-state index is 11.9. The van der Waals surface area contributed by atoms with Crippen LogP contribution < -0.4 is 5.32 Å². The first kappa shape index (κ1) is 13.0. The van der Waals surface area contributed by atoms with Gasteiger partial charge in [0, 0.05) is 13.6 Å². The number of hydrogen-bond donors (Lipinski definition) is 2. The number of carbonyl (C=O) groups is 1. The number of amides is 2. The zero-order valence-corrected chi connectivity index (χ0v) is 10.8. The van der Waals surface area contributed by atoms with Gasteiger partial charge in [0.15, 0.2) is 0 Å². The van der Waals surface area contributed by atoms with Gasteiger partial charge in [-0.25, -0.2) is 4.79 Å². The van der Waals surface area contributed by atoms with E-state index in [1.54, 1.807) is 19.4 Å². The summed E-state index contributed by atoms with van der Waals surface area (Å²) in [5.41, 5.74) is 0. The molecule has 2 amide bonds. The van der Waals surface area contributed by atoms with E-state index in [0.29, 0.717) is 12.5 Å². The summed E-state index contributed by atoms with van der Waals surface area (Å²) in [7, 11) is 1.69. The Hall–Kier alpha value is -1.49. The molecule has 0 bridgehead atoms. The van der Waals surface area contributed by atoms with Gasteiger partial charge in [-0.1, -0.05) is 0 Å². The monoisotopic (exact) mass is 252 g/mol. The molecule has 2 N–H and O–H groups in total. The molecule has 1 aliphatic carbocycles. The first-order valence-electron chi connectivity index (χ1n) is 6.31. The van der Waals surface area contributed by atoms with Crippen molar-refractivity contribution in [1.29, 1.82) is 0 Å². The fraction of sp³-hybridized carbons (Fsp3) is 0.615. The second-order valence-electron chi connectivity index (χ2n) is 4.97. The van der Waals surface area contributed by atoms with Crippen LogP contribution in [0.15, 0.2) is 22.8 Å². The molecule has 1 aromatic rings. The first-order chi connectivity index (χ1) is 8.58. The third kappa shape index (κ3) is 3.26. The number of rotatable bonds is 5. The van der Waals surface area contributed by atoms with E-state index in [2.05, 4.69) is 5.32 Å². The predicted octanol–water partition coefficient (Wildman–Crippen LogP) is 1.75. The summed E-state index contributed by atoms with van der Waals surface area (Å²) in [5.74, 6) is 1.10. The van der Waals surface area contributed by atoms with Crippen molar-refractivity contribution in [2.45, 2.75) is 31.9 Å². The highest BCUT2D eigenvalue weighted by molar-refractivity contribution is 5.74. The molecule has 0 spiro atoms. The summed E-state index contributed by atoms with van der Waals surface area (Å²) in [6.45, 7) is 2.24. The molecular weight excluding hydrogens is 232 g/mol. The van der Waals surface area contributed by atoms with Gasteiger partial charge < -0.3 is 19.7 Å². The van der Waals surface area contributed by atoms with E-state index in [1.807, 2.05) is 13.0 Å². The second-order valence-corrected chi connectivity index (χ2v) is 4.97. The van der Waals surface area contributed by atoms with E-state index in [9.17, 15) is 9.90 Å². The zero-order chi connectivity index (χ0) is 13.1. The SMILES string of the molecule is CC(NC(=O)N(C)CC(O)C1CC1)c1ccco1. The molecule has 0 radical (unpaired) electrons. The number of aliphatic hydroxyl groups excluding tert-OH is 1. The van der Waals surface area contributed by atoms with Crippen LogP contribution in [0, 0.1) is 5.92 Å². The number of hydrogen-bond acceptors (Lipinski definition) is 3. The van der Waals surface area contributed by atoms with E-state index >= 15 is 0 Å². The van der Waals surface area contributed by atoms with Crippen LogP contribution in [0.5, 0.6) is 0 Å². The summed E-state index contributed by atoms with van der Waals surface area (Å²) < 4.78 is 5.22. The summed E-state index contributed by atoms with van der Waals surface area (Å²) in [6, 6.07) is 3.24. The molecule has 1 saturated carbocycles. The molecule has 1 heterocycles. The summed E-state index contributed by atoms with van der Waals surface area (Å²) in [4.78, 5) is 13.4. The van der Waals surface area contributed by atoms with E-state index in [-0.39, 0.29) is 12.1 Å². The van der Waals surface area contributed by atoms with Gasteiger partial charge in [0.05, 0.1) is 18.4 Å². The van der Waals surface area contributed by atoms with Crippen molar-refractivity contribution in [3.8, 4) is 0 Å². The van der Waals surface area contributed by atoms with E-state index in [1.165, 1.54) is 4.90 Å². The number of furan rings is 1. The van der Waals surface area contributed by atoms with Crippen LogP contribution in [0.25, 0.3) is 0 Å². The highest BCUT2D eigenvalue weighted by Crippen LogP contribution is 2.32. The number of aliphatic hydroxyl groups is 1. The van der Waals surface area contributed by atoms with Crippen LogP contribution >= 0.6 is 0 Å². The van der Waals surface area contributed by atoms with Gasteiger partial charge in [-0.15, -0.1) is 0 Å². The van der Waals surface area contributed by atoms with Crippen LogP contribution in [0.2, 0.25) is 0 Å². The minimum Gasteiger partial charge on any atom is -0.467 e. The highest BCUT2D eigenvalue weighted by Gasteiger charge is 2.31. The number of urea groups is 1. The number of likely N-dealkylation sites (N-methyl/N-ethyl adjacent to an activating group) is 1. The van der Waals surface area contributed by atoms with Crippen LogP contribution in [0.1, 0.15) is 31.6 Å². The Morgan fingerprint density at radius 3 is 2.94 bits per heavy atom. The fourth-order valence-electron chi connectivity index (χ4n) is 1.90. The van der Waals surface area contributed by atoms with Crippen LogP contribution in [-0.4, -0.2) is 35.7 Å². The van der Waals surface area contributed by atoms with E-state index < -0.39 is 6.10 Å². The van der Waals surface area contributed by atoms with Gasteiger partial charge in [-0.05, 0) is 37.8 Å². The van der Waals surface area contributed by atoms with Crippen molar-refractivity contribution in [2.24, 2.45) is 5.92 Å². The smallest absolute Gasteiger partial charge is 0.317 e. The lowest BCUT2D eigenvalue weighted by atomic mass is 10.2. The van der Waals surface area contributed by atoms with Crippen molar-refractivity contribution in [2.75, 3.05) is 13.6 Å². The second kappa shape index (κ2) is 5.44. The lowest BCUT2D eigenvalue weighted by molar-refractivity contribution is 0.112. The standard InChI is InChI=1S/C13H20N2O3/c1-9(12-4-3-7-18-12)14-13(17)15(2)8-11(16)10-5-6-10/h3-4,7,9-11,16H,5-6,8H2,1-2H3,(H,14,17). The van der Waals surface area contributed by atoms with Crippen molar-refractivity contribution < 1.29 is 14.3 Å². The average molecular weight is 252 g/mol. The molecule has 18 heavy (non-hydrogen) atoms. The van der Waals surface area contributed by atoms with Crippen LogP contribution in [-0.2, 0) is 0 Å². The largest absolute Gasteiger partial charge is 0.467 e. The molecule has 0 aliphatic heterocycles. The molecule has 0 aromatic carbocycles. The van der Waals surface area contributed by atoms with Gasteiger partial charge in [0.25, 0.3) is 0 Å². The Bertz CT molecular complexity index is 387. The van der Waals surface area contributed by atoms with Crippen molar-refractivity contribution in [1.82, 2.24) is 10.2 Å². The van der Waals surface area contributed by atoms with Gasteiger partial charge in [-0.3, -0.25) is 0 Å². The Labute approximate surface area is 107 Å². The number of carbonyl (C=O) groups excluding carboxylic acids is 1. The Morgan fingerprint density at radius 2 is 2.39 bits per heavy atom. The van der Waals surface area contributed by atoms with Gasteiger partial charge in [0.1, 0.15) is 5.76 Å². The molecule has 0 saturated heterocycles. The molecule has 2 atom stereocenters. The van der Waals surface area contributed by atoms with Gasteiger partial charge in [0.2, 0.25) is 0 Å². The van der Waals surface area contributed by atoms with Crippen LogP contribution in [0.3, 0.4) is 0 Å². The normalized spacial score (nSPS) is 18.2. The highest BCUT2D eigenvalue weighted by atomic mass is 16.3. The number of nitrogens with zero attached hydrogens (tertiary/aromatic N) is 1. The molecule has 1 aliphatic rings. The quantitative estimate of drug-likeness (QED) is 0.839. The molecule has 2 rings (SSSR count). The Balaban J connectivity index is 1.79. The minimum absolute atomic E-state index is 0.173. The average Bonchev–Trinajstić information content (AvgIpc) is 3.04. The maximum Gasteiger partial charge on any atom is 0.317 e. The molecule has 5 heteroatoms. The molecular formula is C13H20N2O3. The molecule has 5 nitrogen and oxygen atoms in total. The first-order valence-corrected chi connectivity index (χ1v) is 6.31. The van der Waals surface area contributed by atoms with E-state index in [4.69, 9.17) is 4.42 Å². The summed E-state index contributed by atoms with van der Waals surface area (Å²) >= 11 is 0. The Kier molecular flexibility index (Phi) is 3.91. The lowest BCUT2D eigenvalue weighted by Gasteiger charge is -2.23. The zero-order valence-electron chi connectivity index (χ0n) is 10.8. The Morgan fingerprint density at radius 1 is 1.67 bits per heavy atom. The topological polar surface area (TPSA) is 65.7 Å². The number of nitrogens with one attached hydrogen (secondary N) is 1. The van der Waals surface area contributed by atoms with Crippen molar-refractivity contribution in [3.63, 3.8) is 0 Å².